The van der Waals surface area contributed by atoms with Gasteiger partial charge in [-0.1, -0.05) is 37.2 Å². The molecule has 1 aliphatic rings. The van der Waals surface area contributed by atoms with Gasteiger partial charge in [-0.25, -0.2) is 18.3 Å². The number of nitrogens with two attached hydrogens (primary N) is 1. The highest BCUT2D eigenvalue weighted by Gasteiger charge is 2.67. The summed E-state index contributed by atoms with van der Waals surface area (Å²) in [7, 11) is -4.64. The smallest absolute Gasteiger partial charge is 0.459 e. The average molecular weight is 656 g/mol. The molecule has 45 heavy (non-hydrogen) atoms. The fourth-order valence-electron chi connectivity index (χ4n) is 4.76. The van der Waals surface area contributed by atoms with Crippen LogP contribution >= 0.6 is 7.75 Å². The summed E-state index contributed by atoms with van der Waals surface area (Å²) in [6, 6.07) is 4.14. The van der Waals surface area contributed by atoms with Crippen molar-refractivity contribution in [3.05, 3.63) is 41.6 Å². The molecule has 1 aliphatic heterocycles. The number of benzene rings is 1. The van der Waals surface area contributed by atoms with E-state index in [9.17, 15) is 14.3 Å². The summed E-state index contributed by atoms with van der Waals surface area (Å²) in [5.41, 5.74) is 2.98. The molecule has 6 atom stereocenters. The number of aromatic nitrogens is 4. The summed E-state index contributed by atoms with van der Waals surface area (Å²) >= 11 is 0. The second kappa shape index (κ2) is 13.7. The van der Waals surface area contributed by atoms with Gasteiger partial charge in [0.15, 0.2) is 29.1 Å². The minimum atomic E-state index is -4.64. The number of imidazole rings is 1. The third-order valence-electron chi connectivity index (χ3n) is 7.08. The average Bonchev–Trinajstić information content (AvgIpc) is 3.50. The van der Waals surface area contributed by atoms with E-state index in [0.717, 1.165) is 17.8 Å². The van der Waals surface area contributed by atoms with Crippen molar-refractivity contribution in [2.24, 2.45) is 5.18 Å². The lowest BCUT2D eigenvalue weighted by molar-refractivity contribution is -0.180. The number of fused-ring (bicyclic) bond motifs is 1. The van der Waals surface area contributed by atoms with E-state index >= 15 is 8.78 Å². The van der Waals surface area contributed by atoms with Crippen LogP contribution in [0.5, 0.6) is 11.6 Å². The molecule has 15 nitrogen and oxygen atoms in total. The standard InChI is InChI=1S/C27H36F2N7O8P/c1-6-17(7-2)42-22(37)16(4)35-45(39,44-18-12-10-9-11-13-18)41-14-27(29)23(34-38)26(5,28)24(43-27)36-15-31-19-20(36)32-25(30)33-21(19)40-8-3/h9-13,15-17,23-24H,6-8,14H2,1-5H3,(H,35,39)(H2,30,32,33)/t16?,23-,24?,26+,27+,45?/m0/s1. The summed E-state index contributed by atoms with van der Waals surface area (Å²) in [4.78, 5) is 36.8. The van der Waals surface area contributed by atoms with Gasteiger partial charge in [0.2, 0.25) is 11.8 Å². The first-order valence-electron chi connectivity index (χ1n) is 14.3. The number of carbonyl (C=O) groups is 1. The summed E-state index contributed by atoms with van der Waals surface area (Å²) in [6.45, 7) is 6.52. The molecule has 1 aromatic carbocycles. The van der Waals surface area contributed by atoms with Crippen LogP contribution in [-0.2, 0) is 23.4 Å². The lowest BCUT2D eigenvalue weighted by Crippen LogP contribution is -2.46. The topological polar surface area (TPSA) is 191 Å². The van der Waals surface area contributed by atoms with E-state index in [1.165, 1.54) is 19.1 Å². The third kappa shape index (κ3) is 7.21. The van der Waals surface area contributed by atoms with E-state index in [0.29, 0.717) is 12.8 Å². The van der Waals surface area contributed by atoms with E-state index in [1.807, 2.05) is 13.8 Å². The molecule has 3 aromatic rings. The molecule has 1 saturated heterocycles. The Morgan fingerprint density at radius 3 is 2.53 bits per heavy atom. The minimum absolute atomic E-state index is 0.000806. The van der Waals surface area contributed by atoms with Gasteiger partial charge >= 0.3 is 13.7 Å². The van der Waals surface area contributed by atoms with Crippen molar-refractivity contribution in [1.82, 2.24) is 24.6 Å². The van der Waals surface area contributed by atoms with Crippen LogP contribution in [0.25, 0.3) is 11.2 Å². The summed E-state index contributed by atoms with van der Waals surface area (Å²) in [5, 5.41) is 5.11. The summed E-state index contributed by atoms with van der Waals surface area (Å²) in [5.74, 6) is -4.25. The maximum absolute atomic E-state index is 16.5. The fraction of sp³-hybridized carbons (Fsp3) is 0.556. The largest absolute Gasteiger partial charge is 0.476 e. The van der Waals surface area contributed by atoms with Gasteiger partial charge in [-0.2, -0.15) is 20.0 Å². The number of nitrogens with one attached hydrogen (secondary N) is 1. The molecular formula is C27H36F2N7O8P. The third-order valence-corrected chi connectivity index (χ3v) is 8.70. The number of alkyl halides is 2. The van der Waals surface area contributed by atoms with Crippen LogP contribution in [0.15, 0.2) is 41.8 Å². The number of nitrogens with zero attached hydrogens (tertiary/aromatic N) is 5. The highest BCUT2D eigenvalue weighted by Crippen LogP contribution is 2.53. The van der Waals surface area contributed by atoms with Crippen LogP contribution in [0.1, 0.15) is 53.7 Å². The van der Waals surface area contributed by atoms with Crippen LogP contribution in [0.4, 0.5) is 14.7 Å². The molecule has 2 aromatic heterocycles. The highest BCUT2D eigenvalue weighted by molar-refractivity contribution is 7.52. The molecule has 0 saturated carbocycles. The van der Waals surface area contributed by atoms with E-state index in [1.54, 1.807) is 25.1 Å². The Bertz CT molecular complexity index is 1540. The molecule has 0 bridgehead atoms. The molecule has 0 aliphatic carbocycles. The van der Waals surface area contributed by atoms with Crippen LogP contribution < -0.4 is 20.1 Å². The summed E-state index contributed by atoms with van der Waals surface area (Å²) < 4.78 is 75.1. The molecule has 4 rings (SSSR count). The second-order valence-electron chi connectivity index (χ2n) is 10.5. The molecule has 0 radical (unpaired) electrons. The number of nitrogen functional groups attached to an aromatic ring is 1. The first-order valence-corrected chi connectivity index (χ1v) is 15.8. The lowest BCUT2D eigenvalue weighted by atomic mass is 9.95. The maximum atomic E-state index is 16.5. The Kier molecular flexibility index (Phi) is 10.4. The monoisotopic (exact) mass is 655 g/mol. The summed E-state index contributed by atoms with van der Waals surface area (Å²) in [6.07, 6.45) is -0.0742. The van der Waals surface area contributed by atoms with Gasteiger partial charge in [0.25, 0.3) is 5.85 Å². The van der Waals surface area contributed by atoms with E-state index in [-0.39, 0.29) is 41.5 Å². The van der Waals surface area contributed by atoms with Crippen molar-refractivity contribution in [2.75, 3.05) is 18.9 Å². The molecule has 1 fully saturated rings. The van der Waals surface area contributed by atoms with Crippen LogP contribution in [0.3, 0.4) is 0 Å². The normalized spacial score (nSPS) is 25.2. The van der Waals surface area contributed by atoms with Gasteiger partial charge in [-0.15, -0.1) is 0 Å². The molecule has 0 spiro atoms. The number of halogens is 2. The zero-order chi connectivity index (χ0) is 33.0. The number of carbonyl (C=O) groups excluding carboxylic acids is 1. The van der Waals surface area contributed by atoms with Crippen LogP contribution in [0.2, 0.25) is 0 Å². The number of nitroso groups, excluding NO2 is 1. The number of hydrogen-bond donors (Lipinski definition) is 2. The Morgan fingerprint density at radius 1 is 1.22 bits per heavy atom. The number of para-hydroxylation sites is 1. The molecule has 0 amide bonds. The molecule has 3 N–H and O–H groups in total. The Labute approximate surface area is 257 Å². The van der Waals surface area contributed by atoms with Crippen molar-refractivity contribution in [1.29, 1.82) is 0 Å². The predicted molar refractivity (Wildman–Crippen MR) is 158 cm³/mol. The number of anilines is 1. The van der Waals surface area contributed by atoms with Crippen molar-refractivity contribution in [3.63, 3.8) is 0 Å². The van der Waals surface area contributed by atoms with Crippen LogP contribution in [-0.4, -0.2) is 68.4 Å². The number of ether oxygens (including phenoxy) is 3. The molecule has 3 heterocycles. The first-order chi connectivity index (χ1) is 21.3. The van der Waals surface area contributed by atoms with Crippen molar-refractivity contribution in [3.8, 4) is 11.6 Å². The molecular weight excluding hydrogens is 619 g/mol. The Hall–Kier alpha value is -3.79. The van der Waals surface area contributed by atoms with Gasteiger partial charge in [0, 0.05) is 0 Å². The maximum Gasteiger partial charge on any atom is 0.459 e. The van der Waals surface area contributed by atoms with Gasteiger partial charge in [0.05, 0.1) is 12.9 Å². The SMILES string of the molecule is CCOc1nc(N)nc2c1ncn2C1O[C@](F)(COP(=O)(NC(C)C(=O)OC(CC)CC)Oc2ccccc2)[C@@H](N=O)[C@@]1(C)F. The Balaban J connectivity index is 1.63. The molecule has 3 unspecified atom stereocenters. The van der Waals surface area contributed by atoms with Crippen molar-refractivity contribution >= 4 is 30.8 Å². The first kappa shape index (κ1) is 34.1. The van der Waals surface area contributed by atoms with E-state index in [2.05, 4.69) is 25.2 Å². The van der Waals surface area contributed by atoms with Gasteiger partial charge in [-0.3, -0.25) is 13.9 Å². The van der Waals surface area contributed by atoms with Crippen LogP contribution in [0, 0.1) is 4.91 Å². The zero-order valence-electron chi connectivity index (χ0n) is 25.4. The minimum Gasteiger partial charge on any atom is -0.476 e. The van der Waals surface area contributed by atoms with Gasteiger partial charge < -0.3 is 24.5 Å². The highest BCUT2D eigenvalue weighted by atomic mass is 31.2. The van der Waals surface area contributed by atoms with Crippen molar-refractivity contribution in [2.45, 2.75) is 83.4 Å². The lowest BCUT2D eigenvalue weighted by Gasteiger charge is -2.27. The number of rotatable bonds is 15. The number of esters is 1. The molecule has 18 heteroatoms. The van der Waals surface area contributed by atoms with E-state index < -0.39 is 50.2 Å². The second-order valence-corrected chi connectivity index (χ2v) is 12.2. The van der Waals surface area contributed by atoms with Gasteiger partial charge in [-0.05, 0) is 45.7 Å². The quantitative estimate of drug-likeness (QED) is 0.129. The van der Waals surface area contributed by atoms with E-state index in [4.69, 9.17) is 29.0 Å². The molecule has 246 valence electrons. The van der Waals surface area contributed by atoms with Gasteiger partial charge in [0.1, 0.15) is 24.5 Å². The Morgan fingerprint density at radius 2 is 1.91 bits per heavy atom. The fourth-order valence-corrected chi connectivity index (χ4v) is 6.26. The van der Waals surface area contributed by atoms with Crippen molar-refractivity contribution < 1.29 is 41.4 Å². The number of hydrogen-bond acceptors (Lipinski definition) is 13. The zero-order valence-corrected chi connectivity index (χ0v) is 26.3. The predicted octanol–water partition coefficient (Wildman–Crippen LogP) is 4.78.